The molecule has 1 aromatic carbocycles. The predicted octanol–water partition coefficient (Wildman–Crippen LogP) is 3.92. The Morgan fingerprint density at radius 3 is 2.68 bits per heavy atom. The number of piperidine rings is 1. The van der Waals surface area contributed by atoms with E-state index >= 15 is 0 Å². The number of carbonyl (C=O) groups excluding carboxylic acids is 1. The van der Waals surface area contributed by atoms with E-state index in [4.69, 9.17) is 16.3 Å². The number of nitrogens with zero attached hydrogens (tertiary/aromatic N) is 3. The topological polar surface area (TPSA) is 45.7 Å². The molecule has 0 radical (unpaired) electrons. The van der Waals surface area contributed by atoms with Crippen molar-refractivity contribution in [2.45, 2.75) is 32.4 Å². The second-order valence-electron chi connectivity index (χ2n) is 7.60. The van der Waals surface area contributed by atoms with E-state index in [0.717, 1.165) is 48.7 Å². The molecule has 0 aliphatic carbocycles. The fourth-order valence-electron chi connectivity index (χ4n) is 4.03. The molecule has 3 heterocycles. The summed E-state index contributed by atoms with van der Waals surface area (Å²) in [7, 11) is 0. The van der Waals surface area contributed by atoms with Gasteiger partial charge >= 0.3 is 0 Å². The molecule has 0 N–H and O–H groups in total. The molecule has 7 heteroatoms. The van der Waals surface area contributed by atoms with E-state index in [9.17, 15) is 4.79 Å². The average molecular weight is 420 g/mol. The zero-order chi connectivity index (χ0) is 19.5. The van der Waals surface area contributed by atoms with Crippen LogP contribution in [-0.4, -0.2) is 53.5 Å². The minimum atomic E-state index is -0.0667. The Kier molecular flexibility index (Phi) is 6.31. The standard InChI is InChI=1S/C21H26ClN3O2S/c1-15-23-19(14-28-15)12-24-8-6-17(7-9-24)21(26)25-10-11-27-20(13-25)16-2-4-18(22)5-3-16/h2-5,14,17,20H,6-13H2,1H3. The molecule has 2 aliphatic heterocycles. The Morgan fingerprint density at radius 2 is 2.00 bits per heavy atom. The van der Waals surface area contributed by atoms with Gasteiger partial charge in [0.2, 0.25) is 5.91 Å². The van der Waals surface area contributed by atoms with Gasteiger partial charge in [-0.1, -0.05) is 23.7 Å². The summed E-state index contributed by atoms with van der Waals surface area (Å²) in [5, 5.41) is 3.96. The number of carbonyl (C=O) groups is 1. The molecule has 1 unspecified atom stereocenters. The highest BCUT2D eigenvalue weighted by Crippen LogP contribution is 2.27. The van der Waals surface area contributed by atoms with Crippen LogP contribution in [0.15, 0.2) is 29.6 Å². The average Bonchev–Trinajstić information content (AvgIpc) is 3.13. The maximum absolute atomic E-state index is 13.1. The van der Waals surface area contributed by atoms with Gasteiger partial charge in [0.25, 0.3) is 0 Å². The number of morpholine rings is 1. The van der Waals surface area contributed by atoms with Gasteiger partial charge in [0.1, 0.15) is 6.10 Å². The van der Waals surface area contributed by atoms with E-state index in [-0.39, 0.29) is 17.9 Å². The van der Waals surface area contributed by atoms with Crippen LogP contribution in [0.25, 0.3) is 0 Å². The maximum atomic E-state index is 13.1. The van der Waals surface area contributed by atoms with Gasteiger partial charge in [-0.15, -0.1) is 11.3 Å². The molecular formula is C21H26ClN3O2S. The summed E-state index contributed by atoms with van der Waals surface area (Å²) in [5.41, 5.74) is 2.22. The number of halogens is 1. The normalized spacial score (nSPS) is 21.8. The van der Waals surface area contributed by atoms with Crippen molar-refractivity contribution in [2.24, 2.45) is 5.92 Å². The van der Waals surface area contributed by atoms with Gasteiger partial charge in [-0.2, -0.15) is 0 Å². The van der Waals surface area contributed by atoms with Crippen molar-refractivity contribution in [2.75, 3.05) is 32.8 Å². The van der Waals surface area contributed by atoms with Crippen LogP contribution in [0.4, 0.5) is 0 Å². The first-order valence-electron chi connectivity index (χ1n) is 9.87. The van der Waals surface area contributed by atoms with Crippen molar-refractivity contribution < 1.29 is 9.53 Å². The monoisotopic (exact) mass is 419 g/mol. The van der Waals surface area contributed by atoms with Crippen LogP contribution in [0.5, 0.6) is 0 Å². The number of aryl methyl sites for hydroxylation is 1. The molecule has 0 bridgehead atoms. The minimum absolute atomic E-state index is 0.0667. The molecule has 4 rings (SSSR count). The van der Waals surface area contributed by atoms with Gasteiger partial charge in [-0.3, -0.25) is 9.69 Å². The van der Waals surface area contributed by atoms with E-state index < -0.39 is 0 Å². The summed E-state index contributed by atoms with van der Waals surface area (Å²) in [4.78, 5) is 22.0. The summed E-state index contributed by atoms with van der Waals surface area (Å²) in [5.74, 6) is 0.406. The molecule has 2 aliphatic rings. The lowest BCUT2D eigenvalue weighted by molar-refractivity contribution is -0.145. The van der Waals surface area contributed by atoms with Crippen LogP contribution in [-0.2, 0) is 16.1 Å². The number of aromatic nitrogens is 1. The summed E-state index contributed by atoms with van der Waals surface area (Å²) < 4.78 is 5.91. The highest BCUT2D eigenvalue weighted by atomic mass is 35.5. The van der Waals surface area contributed by atoms with Crippen LogP contribution in [0.1, 0.15) is 35.2 Å². The Hall–Kier alpha value is -1.47. The van der Waals surface area contributed by atoms with Gasteiger partial charge in [-0.05, 0) is 50.6 Å². The molecule has 5 nitrogen and oxygen atoms in total. The first kappa shape index (κ1) is 19.8. The first-order valence-corrected chi connectivity index (χ1v) is 11.1. The number of hydrogen-bond donors (Lipinski definition) is 0. The molecular weight excluding hydrogens is 394 g/mol. The second-order valence-corrected chi connectivity index (χ2v) is 9.10. The molecule has 1 aromatic heterocycles. The summed E-state index contributed by atoms with van der Waals surface area (Å²) in [6.07, 6.45) is 1.78. The van der Waals surface area contributed by atoms with Crippen molar-refractivity contribution in [3.05, 3.63) is 50.9 Å². The van der Waals surface area contributed by atoms with E-state index in [2.05, 4.69) is 15.3 Å². The zero-order valence-electron chi connectivity index (χ0n) is 16.1. The number of amides is 1. The third kappa shape index (κ3) is 4.74. The minimum Gasteiger partial charge on any atom is -0.370 e. The Morgan fingerprint density at radius 1 is 1.25 bits per heavy atom. The fraction of sp³-hybridized carbons (Fsp3) is 0.524. The Bertz CT molecular complexity index is 802. The number of hydrogen-bond acceptors (Lipinski definition) is 5. The lowest BCUT2D eigenvalue weighted by atomic mass is 9.94. The van der Waals surface area contributed by atoms with Crippen molar-refractivity contribution in [3.63, 3.8) is 0 Å². The highest BCUT2D eigenvalue weighted by molar-refractivity contribution is 7.09. The van der Waals surface area contributed by atoms with Crippen LogP contribution in [0.3, 0.4) is 0 Å². The number of rotatable bonds is 4. The molecule has 0 spiro atoms. The predicted molar refractivity (Wildman–Crippen MR) is 112 cm³/mol. The van der Waals surface area contributed by atoms with Crippen LogP contribution >= 0.6 is 22.9 Å². The number of ether oxygens (including phenoxy) is 1. The largest absolute Gasteiger partial charge is 0.370 e. The second kappa shape index (κ2) is 8.91. The smallest absolute Gasteiger partial charge is 0.225 e. The molecule has 0 saturated carbocycles. The van der Waals surface area contributed by atoms with E-state index in [1.165, 1.54) is 0 Å². The van der Waals surface area contributed by atoms with Crippen molar-refractivity contribution in [3.8, 4) is 0 Å². The molecule has 2 aromatic rings. The molecule has 150 valence electrons. The summed E-state index contributed by atoms with van der Waals surface area (Å²) >= 11 is 7.68. The van der Waals surface area contributed by atoms with Crippen LogP contribution in [0.2, 0.25) is 5.02 Å². The van der Waals surface area contributed by atoms with Gasteiger partial charge in [-0.25, -0.2) is 4.98 Å². The first-order chi connectivity index (χ1) is 13.6. The van der Waals surface area contributed by atoms with E-state index in [0.29, 0.717) is 24.7 Å². The SMILES string of the molecule is Cc1nc(CN2CCC(C(=O)N3CCOC(c4ccc(Cl)cc4)C3)CC2)cs1. The lowest BCUT2D eigenvalue weighted by Crippen LogP contribution is -2.47. The van der Waals surface area contributed by atoms with Gasteiger partial charge in [0.15, 0.2) is 0 Å². The Labute approximate surface area is 175 Å². The van der Waals surface area contributed by atoms with E-state index in [1.54, 1.807) is 11.3 Å². The Balaban J connectivity index is 1.30. The highest BCUT2D eigenvalue weighted by Gasteiger charge is 2.32. The lowest BCUT2D eigenvalue weighted by Gasteiger charge is -2.37. The number of thiazole rings is 1. The van der Waals surface area contributed by atoms with Crippen molar-refractivity contribution in [1.82, 2.24) is 14.8 Å². The third-order valence-corrected chi connectivity index (χ3v) is 6.68. The van der Waals surface area contributed by atoms with Crippen LogP contribution < -0.4 is 0 Å². The summed E-state index contributed by atoms with van der Waals surface area (Å²) in [6, 6.07) is 7.72. The molecule has 1 amide bonds. The van der Waals surface area contributed by atoms with Gasteiger partial charge in [0.05, 0.1) is 23.9 Å². The number of likely N-dealkylation sites (tertiary alicyclic amines) is 1. The quantitative estimate of drug-likeness (QED) is 0.753. The van der Waals surface area contributed by atoms with Gasteiger partial charge in [0, 0.05) is 29.4 Å². The summed E-state index contributed by atoms with van der Waals surface area (Å²) in [6.45, 7) is 6.73. The third-order valence-electron chi connectivity index (χ3n) is 5.61. The van der Waals surface area contributed by atoms with Crippen molar-refractivity contribution in [1.29, 1.82) is 0 Å². The maximum Gasteiger partial charge on any atom is 0.225 e. The zero-order valence-corrected chi connectivity index (χ0v) is 17.7. The van der Waals surface area contributed by atoms with Gasteiger partial charge < -0.3 is 9.64 Å². The van der Waals surface area contributed by atoms with E-state index in [1.807, 2.05) is 36.1 Å². The fourth-order valence-corrected chi connectivity index (χ4v) is 4.76. The van der Waals surface area contributed by atoms with Crippen molar-refractivity contribution >= 4 is 28.8 Å². The van der Waals surface area contributed by atoms with Crippen LogP contribution in [0, 0.1) is 12.8 Å². The number of benzene rings is 1. The molecule has 2 fully saturated rings. The molecule has 28 heavy (non-hydrogen) atoms. The molecule has 1 atom stereocenters. The molecule has 2 saturated heterocycles.